The van der Waals surface area contributed by atoms with Gasteiger partial charge in [-0.2, -0.15) is 0 Å². The molecule has 0 aromatic heterocycles. The molecular weight excluding hydrogens is 324 g/mol. The number of rotatable bonds is 1. The average Bonchev–Trinajstić information content (AvgIpc) is 2.81. The second-order valence-corrected chi connectivity index (χ2v) is 10.1. The molecular formula is C19H24O4S. The van der Waals surface area contributed by atoms with Gasteiger partial charge in [0.2, 0.25) is 0 Å². The Kier molecular flexibility index (Phi) is 3.41. The maximum atomic E-state index is 12.4. The van der Waals surface area contributed by atoms with Gasteiger partial charge in [-0.15, -0.1) is 0 Å². The van der Waals surface area contributed by atoms with Crippen molar-refractivity contribution in [3.8, 4) is 5.75 Å². The van der Waals surface area contributed by atoms with E-state index in [0.717, 1.165) is 49.5 Å². The number of aryl methyl sites for hydroxylation is 1. The van der Waals surface area contributed by atoms with E-state index in [-0.39, 0.29) is 16.1 Å². The third-order valence-corrected chi connectivity index (χ3v) is 8.04. The molecule has 2 fully saturated rings. The third kappa shape index (κ3) is 2.17. The molecule has 4 rings (SSSR count). The molecule has 0 aliphatic heterocycles. The van der Waals surface area contributed by atoms with Crippen LogP contribution in [0.25, 0.3) is 0 Å². The summed E-state index contributed by atoms with van der Waals surface area (Å²) < 4.78 is 23.9. The fraction of sp³-hybridized carbons (Fsp3) is 0.632. The number of aromatic hydroxyl groups is 1. The number of ketones is 1. The first-order valence-electron chi connectivity index (χ1n) is 8.81. The van der Waals surface area contributed by atoms with Crippen LogP contribution in [0.1, 0.15) is 56.1 Å². The molecule has 3 aliphatic rings. The van der Waals surface area contributed by atoms with Gasteiger partial charge in [-0.25, -0.2) is 8.42 Å². The molecule has 130 valence electrons. The highest BCUT2D eigenvalue weighted by Gasteiger charge is 2.54. The van der Waals surface area contributed by atoms with E-state index in [4.69, 9.17) is 0 Å². The Morgan fingerprint density at radius 2 is 1.92 bits per heavy atom. The fourth-order valence-electron chi connectivity index (χ4n) is 5.66. The van der Waals surface area contributed by atoms with Gasteiger partial charge < -0.3 is 5.11 Å². The van der Waals surface area contributed by atoms with Gasteiger partial charge in [-0.3, -0.25) is 4.79 Å². The summed E-state index contributed by atoms with van der Waals surface area (Å²) in [6.07, 6.45) is 6.53. The van der Waals surface area contributed by atoms with E-state index in [0.29, 0.717) is 30.0 Å². The van der Waals surface area contributed by atoms with Gasteiger partial charge in [0.05, 0.1) is 0 Å². The van der Waals surface area contributed by atoms with E-state index in [1.165, 1.54) is 0 Å². The molecule has 4 nitrogen and oxygen atoms in total. The summed E-state index contributed by atoms with van der Waals surface area (Å²) in [5, 5.41) is 10.1. The highest BCUT2D eigenvalue weighted by atomic mass is 32.2. The summed E-state index contributed by atoms with van der Waals surface area (Å²) in [5.74, 6) is 1.48. The molecule has 0 radical (unpaired) electrons. The van der Waals surface area contributed by atoms with Crippen LogP contribution in [0.3, 0.4) is 0 Å². The monoisotopic (exact) mass is 348 g/mol. The number of benzene rings is 1. The number of hydrogen-bond donors (Lipinski definition) is 1. The maximum absolute atomic E-state index is 12.4. The summed E-state index contributed by atoms with van der Waals surface area (Å²) in [6, 6.07) is 3.35. The normalized spacial score (nSPS) is 35.2. The lowest BCUT2D eigenvalue weighted by Crippen LogP contribution is -2.42. The number of carbonyl (C=O) groups excluding carboxylic acids is 1. The summed E-state index contributed by atoms with van der Waals surface area (Å²) in [5.41, 5.74) is 2.00. The fourth-order valence-corrected chi connectivity index (χ4v) is 6.44. The van der Waals surface area contributed by atoms with Crippen LogP contribution < -0.4 is 0 Å². The summed E-state index contributed by atoms with van der Waals surface area (Å²) in [4.78, 5) is 12.4. The number of phenolic OH excluding ortho intramolecular Hbond substituents is 1. The zero-order chi connectivity index (χ0) is 17.3. The van der Waals surface area contributed by atoms with E-state index in [2.05, 4.69) is 6.92 Å². The Morgan fingerprint density at radius 1 is 1.17 bits per heavy atom. The Morgan fingerprint density at radius 3 is 2.62 bits per heavy atom. The molecule has 0 spiro atoms. The summed E-state index contributed by atoms with van der Waals surface area (Å²) in [6.45, 7) is 2.14. The second-order valence-electron chi connectivity index (χ2n) is 8.12. The molecule has 1 aromatic carbocycles. The SMILES string of the molecule is C[C@]12CCC3c4cc(S(C)(=O)=O)c(O)cc4CCC3C1CCC2=O. The first-order valence-corrected chi connectivity index (χ1v) is 10.7. The van der Waals surface area contributed by atoms with Crippen molar-refractivity contribution < 1.29 is 18.3 Å². The maximum Gasteiger partial charge on any atom is 0.179 e. The molecule has 0 heterocycles. The smallest absolute Gasteiger partial charge is 0.179 e. The van der Waals surface area contributed by atoms with Crippen molar-refractivity contribution >= 4 is 15.6 Å². The first-order chi connectivity index (χ1) is 11.2. The van der Waals surface area contributed by atoms with Gasteiger partial charge in [0.15, 0.2) is 9.84 Å². The number of fused-ring (bicyclic) bond motifs is 5. The minimum absolute atomic E-state index is 0.0396. The van der Waals surface area contributed by atoms with Crippen LogP contribution in [0.15, 0.2) is 17.0 Å². The van der Waals surface area contributed by atoms with Gasteiger partial charge in [0, 0.05) is 18.1 Å². The van der Waals surface area contributed by atoms with E-state index >= 15 is 0 Å². The van der Waals surface area contributed by atoms with Crippen LogP contribution in [0.5, 0.6) is 5.75 Å². The highest BCUT2D eigenvalue weighted by molar-refractivity contribution is 7.90. The molecule has 0 saturated heterocycles. The van der Waals surface area contributed by atoms with Crippen molar-refractivity contribution in [1.29, 1.82) is 0 Å². The molecule has 5 heteroatoms. The molecule has 24 heavy (non-hydrogen) atoms. The van der Waals surface area contributed by atoms with Gasteiger partial charge in [-0.05, 0) is 73.1 Å². The van der Waals surface area contributed by atoms with Gasteiger partial charge in [-0.1, -0.05) is 6.92 Å². The van der Waals surface area contributed by atoms with Crippen LogP contribution in [0.4, 0.5) is 0 Å². The van der Waals surface area contributed by atoms with Gasteiger partial charge in [0.1, 0.15) is 16.4 Å². The second kappa shape index (κ2) is 5.07. The van der Waals surface area contributed by atoms with Crippen LogP contribution in [-0.4, -0.2) is 25.6 Å². The topological polar surface area (TPSA) is 71.4 Å². The highest BCUT2D eigenvalue weighted by Crippen LogP contribution is 2.59. The number of carbonyl (C=O) groups is 1. The first kappa shape index (κ1) is 16.1. The minimum Gasteiger partial charge on any atom is -0.507 e. The minimum atomic E-state index is -3.45. The van der Waals surface area contributed by atoms with E-state index < -0.39 is 9.84 Å². The van der Waals surface area contributed by atoms with Crippen LogP contribution in [0, 0.1) is 17.3 Å². The predicted octanol–water partition coefficient (Wildman–Crippen LogP) is 3.22. The summed E-state index contributed by atoms with van der Waals surface area (Å²) >= 11 is 0. The number of sulfone groups is 1. The van der Waals surface area contributed by atoms with Crippen molar-refractivity contribution in [2.45, 2.75) is 56.3 Å². The Hall–Kier alpha value is -1.36. The molecule has 3 aliphatic carbocycles. The van der Waals surface area contributed by atoms with Gasteiger partial charge >= 0.3 is 0 Å². The van der Waals surface area contributed by atoms with Crippen LogP contribution in [-0.2, 0) is 21.1 Å². The standard InChI is InChI=1S/C19H24O4S/c1-19-8-7-12-13(15(19)5-6-18(19)21)4-3-11-9-16(20)17(10-14(11)12)24(2,22)23/h9-10,12-13,15,20H,3-8H2,1-2H3/t12?,13?,15?,19-/m0/s1. The van der Waals surface area contributed by atoms with E-state index in [1.54, 1.807) is 12.1 Å². The van der Waals surface area contributed by atoms with Crippen LogP contribution in [0.2, 0.25) is 0 Å². The van der Waals surface area contributed by atoms with Crippen molar-refractivity contribution in [3.05, 3.63) is 23.3 Å². The molecule has 0 bridgehead atoms. The third-order valence-electron chi connectivity index (χ3n) is 6.91. The lowest BCUT2D eigenvalue weighted by atomic mass is 9.55. The lowest BCUT2D eigenvalue weighted by Gasteiger charge is -2.48. The number of Topliss-reactive ketones (excluding diaryl/α,β-unsaturated/α-hetero) is 1. The quantitative estimate of drug-likeness (QED) is 0.846. The Balaban J connectivity index is 1.79. The molecule has 2 saturated carbocycles. The zero-order valence-electron chi connectivity index (χ0n) is 14.2. The number of phenols is 1. The largest absolute Gasteiger partial charge is 0.507 e. The Bertz CT molecular complexity index is 826. The molecule has 0 amide bonds. The molecule has 4 atom stereocenters. The number of hydrogen-bond acceptors (Lipinski definition) is 4. The van der Waals surface area contributed by atoms with E-state index in [9.17, 15) is 18.3 Å². The van der Waals surface area contributed by atoms with Crippen LogP contribution >= 0.6 is 0 Å². The van der Waals surface area contributed by atoms with Crippen molar-refractivity contribution in [1.82, 2.24) is 0 Å². The van der Waals surface area contributed by atoms with Crippen molar-refractivity contribution in [2.75, 3.05) is 6.26 Å². The Labute approximate surface area is 143 Å². The summed E-state index contributed by atoms with van der Waals surface area (Å²) in [7, 11) is -3.45. The molecule has 3 unspecified atom stereocenters. The van der Waals surface area contributed by atoms with Crippen molar-refractivity contribution in [2.24, 2.45) is 17.3 Å². The average molecular weight is 348 g/mol. The molecule has 1 N–H and O–H groups in total. The lowest BCUT2D eigenvalue weighted by molar-refractivity contribution is -0.129. The molecule has 1 aromatic rings. The van der Waals surface area contributed by atoms with Gasteiger partial charge in [0.25, 0.3) is 0 Å². The predicted molar refractivity (Wildman–Crippen MR) is 90.8 cm³/mol. The van der Waals surface area contributed by atoms with Crippen molar-refractivity contribution in [3.63, 3.8) is 0 Å². The van der Waals surface area contributed by atoms with E-state index in [1.807, 2.05) is 0 Å². The zero-order valence-corrected chi connectivity index (χ0v) is 15.0.